The van der Waals surface area contributed by atoms with Crippen LogP contribution >= 0.6 is 0 Å². The summed E-state index contributed by atoms with van der Waals surface area (Å²) in [5.74, 6) is -3.03. The number of hydrogen-bond acceptors (Lipinski definition) is 6. The molecule has 1 aromatic carbocycles. The van der Waals surface area contributed by atoms with E-state index in [1.807, 2.05) is 0 Å². The van der Waals surface area contributed by atoms with E-state index in [4.69, 9.17) is 20.4 Å². The molecule has 2 rings (SSSR count). The Morgan fingerprint density at radius 1 is 1.18 bits per heavy atom. The number of phenolic OH excluding ortho intramolecular Hbond substituents is 3. The molecule has 22 heavy (non-hydrogen) atoms. The maximum absolute atomic E-state index is 10.7. The van der Waals surface area contributed by atoms with Gasteiger partial charge >= 0.3 is 5.97 Å². The van der Waals surface area contributed by atoms with Gasteiger partial charge in [-0.2, -0.15) is 0 Å². The molecule has 7 nitrogen and oxygen atoms in total. The number of benzene rings is 1. The zero-order valence-electron chi connectivity index (χ0n) is 12.4. The lowest BCUT2D eigenvalue weighted by atomic mass is 10.0. The summed E-state index contributed by atoms with van der Waals surface area (Å²) in [5.41, 5.74) is -0.289. The van der Waals surface area contributed by atoms with Crippen molar-refractivity contribution < 1.29 is 30.0 Å². The van der Waals surface area contributed by atoms with Crippen LogP contribution in [0.5, 0.6) is 17.2 Å². The summed E-state index contributed by atoms with van der Waals surface area (Å²) >= 11 is 0. The number of carbonyl (C=O) groups is 2. The van der Waals surface area contributed by atoms with Crippen molar-refractivity contribution in [2.24, 2.45) is 0 Å². The zero-order valence-corrected chi connectivity index (χ0v) is 12.4. The molecule has 1 heterocycles. The van der Waals surface area contributed by atoms with Gasteiger partial charge in [-0.15, -0.1) is 0 Å². The van der Waals surface area contributed by atoms with Crippen molar-refractivity contribution in [1.82, 2.24) is 5.32 Å². The number of nitrogens with one attached hydrogen (secondary N) is 1. The summed E-state index contributed by atoms with van der Waals surface area (Å²) in [6.07, 6.45) is 4.46. The molecular formula is C15H21NO6. The van der Waals surface area contributed by atoms with Crippen LogP contribution in [0.1, 0.15) is 43.0 Å². The van der Waals surface area contributed by atoms with E-state index >= 15 is 0 Å². The number of phenols is 3. The van der Waals surface area contributed by atoms with Gasteiger partial charge in [0.1, 0.15) is 5.78 Å². The molecule has 1 unspecified atom stereocenters. The van der Waals surface area contributed by atoms with E-state index in [0.717, 1.165) is 25.1 Å². The Balaban J connectivity index is 0.000000224. The first kappa shape index (κ1) is 17.8. The zero-order chi connectivity index (χ0) is 16.7. The average Bonchev–Trinajstić information content (AvgIpc) is 2.45. The van der Waals surface area contributed by atoms with E-state index in [1.165, 1.54) is 19.3 Å². The van der Waals surface area contributed by atoms with Gasteiger partial charge in [0.2, 0.25) is 0 Å². The molecule has 0 saturated carbocycles. The molecule has 1 atom stereocenters. The largest absolute Gasteiger partial charge is 0.504 e. The van der Waals surface area contributed by atoms with Crippen LogP contribution in [-0.2, 0) is 4.79 Å². The highest BCUT2D eigenvalue weighted by molar-refractivity contribution is 5.89. The van der Waals surface area contributed by atoms with Crippen molar-refractivity contribution in [2.45, 2.75) is 38.6 Å². The summed E-state index contributed by atoms with van der Waals surface area (Å²) < 4.78 is 0. The van der Waals surface area contributed by atoms with E-state index in [-0.39, 0.29) is 5.56 Å². The van der Waals surface area contributed by atoms with Crippen LogP contribution in [0.25, 0.3) is 0 Å². The Morgan fingerprint density at radius 2 is 1.77 bits per heavy atom. The second-order valence-corrected chi connectivity index (χ2v) is 5.22. The van der Waals surface area contributed by atoms with E-state index in [2.05, 4.69) is 5.32 Å². The molecule has 1 aromatic rings. The molecule has 0 bridgehead atoms. The number of ketones is 1. The quantitative estimate of drug-likeness (QED) is 0.537. The fraction of sp³-hybridized carbons (Fsp3) is 0.467. The van der Waals surface area contributed by atoms with Gasteiger partial charge < -0.3 is 25.7 Å². The van der Waals surface area contributed by atoms with Crippen molar-refractivity contribution in [3.05, 3.63) is 17.7 Å². The topological polar surface area (TPSA) is 127 Å². The van der Waals surface area contributed by atoms with Gasteiger partial charge in [-0.1, -0.05) is 6.42 Å². The molecule has 1 aliphatic heterocycles. The summed E-state index contributed by atoms with van der Waals surface area (Å²) in [4.78, 5) is 21.0. The Kier molecular flexibility index (Phi) is 6.65. The van der Waals surface area contributed by atoms with Crippen LogP contribution < -0.4 is 5.32 Å². The molecule has 0 aliphatic carbocycles. The van der Waals surface area contributed by atoms with Gasteiger partial charge in [0.25, 0.3) is 0 Å². The predicted octanol–water partition coefficient (Wildman–Crippen LogP) is 1.61. The highest BCUT2D eigenvalue weighted by atomic mass is 16.4. The maximum Gasteiger partial charge on any atom is 0.335 e. The third kappa shape index (κ3) is 5.61. The normalized spacial score (nSPS) is 17.2. The summed E-state index contributed by atoms with van der Waals surface area (Å²) in [6, 6.07) is 2.17. The number of carbonyl (C=O) groups excluding carboxylic acids is 1. The van der Waals surface area contributed by atoms with Crippen molar-refractivity contribution in [3.63, 3.8) is 0 Å². The number of rotatable bonds is 3. The summed E-state index contributed by atoms with van der Waals surface area (Å²) in [6.45, 7) is 2.76. The van der Waals surface area contributed by atoms with E-state index in [1.54, 1.807) is 6.92 Å². The monoisotopic (exact) mass is 311 g/mol. The molecule has 1 saturated heterocycles. The number of Topliss-reactive ketones (excluding diaryl/α,β-unsaturated/α-hetero) is 1. The van der Waals surface area contributed by atoms with Gasteiger partial charge in [-0.25, -0.2) is 4.79 Å². The SMILES string of the molecule is CC(=O)CC1CCCCN1.O=C(O)c1cc(O)c(O)c(O)c1. The van der Waals surface area contributed by atoms with E-state index in [9.17, 15) is 9.59 Å². The minimum absolute atomic E-state index is 0.289. The molecule has 122 valence electrons. The molecule has 0 amide bonds. The lowest BCUT2D eigenvalue weighted by Crippen LogP contribution is -2.35. The van der Waals surface area contributed by atoms with Gasteiger partial charge in [0.15, 0.2) is 17.2 Å². The smallest absolute Gasteiger partial charge is 0.335 e. The highest BCUT2D eigenvalue weighted by Gasteiger charge is 2.13. The Morgan fingerprint density at radius 3 is 2.18 bits per heavy atom. The Labute approximate surface area is 128 Å². The summed E-state index contributed by atoms with van der Waals surface area (Å²) in [7, 11) is 0. The average molecular weight is 311 g/mol. The first-order valence-electron chi connectivity index (χ1n) is 7.02. The van der Waals surface area contributed by atoms with Crippen molar-refractivity contribution in [2.75, 3.05) is 6.54 Å². The molecule has 5 N–H and O–H groups in total. The van der Waals surface area contributed by atoms with Crippen LogP contribution in [0.4, 0.5) is 0 Å². The number of aromatic hydroxyl groups is 3. The number of carboxylic acid groups (broad SMARTS) is 1. The Hall–Kier alpha value is -2.28. The fourth-order valence-electron chi connectivity index (χ4n) is 2.17. The second kappa shape index (κ2) is 8.23. The van der Waals surface area contributed by atoms with Crippen LogP contribution in [-0.4, -0.2) is 44.8 Å². The first-order valence-corrected chi connectivity index (χ1v) is 7.02. The van der Waals surface area contributed by atoms with E-state index in [0.29, 0.717) is 11.8 Å². The van der Waals surface area contributed by atoms with Gasteiger partial charge in [0, 0.05) is 12.5 Å². The lowest BCUT2D eigenvalue weighted by molar-refractivity contribution is -0.117. The van der Waals surface area contributed by atoms with Crippen LogP contribution in [0, 0.1) is 0 Å². The molecule has 1 fully saturated rings. The second-order valence-electron chi connectivity index (χ2n) is 5.22. The number of aromatic carboxylic acids is 1. The minimum atomic E-state index is -1.29. The van der Waals surface area contributed by atoms with Gasteiger partial charge in [-0.05, 0) is 38.4 Å². The predicted molar refractivity (Wildman–Crippen MR) is 79.3 cm³/mol. The number of hydrogen-bond donors (Lipinski definition) is 5. The third-order valence-corrected chi connectivity index (χ3v) is 3.26. The fourth-order valence-corrected chi connectivity index (χ4v) is 2.17. The van der Waals surface area contributed by atoms with Gasteiger partial charge in [0.05, 0.1) is 5.56 Å². The minimum Gasteiger partial charge on any atom is -0.504 e. The van der Waals surface area contributed by atoms with Crippen molar-refractivity contribution in [1.29, 1.82) is 0 Å². The number of piperidine rings is 1. The molecule has 0 radical (unpaired) electrons. The van der Waals surface area contributed by atoms with Crippen LogP contribution in [0.15, 0.2) is 12.1 Å². The highest BCUT2D eigenvalue weighted by Crippen LogP contribution is 2.35. The first-order chi connectivity index (χ1) is 10.3. The number of carboxylic acids is 1. The standard InChI is InChI=1S/C8H15NO.C7H6O5/c1-7(10)6-8-4-2-3-5-9-8;8-4-1-3(7(11)12)2-5(9)6(4)10/h8-9H,2-6H2,1H3;1-2,8-10H,(H,11,12). The third-order valence-electron chi connectivity index (χ3n) is 3.26. The van der Waals surface area contributed by atoms with Crippen LogP contribution in [0.3, 0.4) is 0 Å². The lowest BCUT2D eigenvalue weighted by Gasteiger charge is -2.21. The molecule has 7 heteroatoms. The summed E-state index contributed by atoms with van der Waals surface area (Å²) in [5, 5.41) is 38.3. The van der Waals surface area contributed by atoms with E-state index < -0.39 is 23.2 Å². The Bertz CT molecular complexity index is 514. The van der Waals surface area contributed by atoms with Gasteiger partial charge in [-0.3, -0.25) is 4.79 Å². The molecule has 1 aliphatic rings. The molecular weight excluding hydrogens is 290 g/mol. The maximum atomic E-state index is 10.7. The van der Waals surface area contributed by atoms with Crippen molar-refractivity contribution >= 4 is 11.8 Å². The van der Waals surface area contributed by atoms with Crippen molar-refractivity contribution in [3.8, 4) is 17.2 Å². The van der Waals surface area contributed by atoms with Crippen LogP contribution in [0.2, 0.25) is 0 Å². The molecule has 0 aromatic heterocycles. The molecule has 0 spiro atoms.